The van der Waals surface area contributed by atoms with E-state index in [9.17, 15) is 0 Å². The van der Waals surface area contributed by atoms with Crippen molar-refractivity contribution in [3.63, 3.8) is 0 Å². The van der Waals surface area contributed by atoms with Crippen molar-refractivity contribution < 1.29 is 0 Å². The van der Waals surface area contributed by atoms with Crippen molar-refractivity contribution in [1.82, 2.24) is 9.88 Å². The van der Waals surface area contributed by atoms with Crippen LogP contribution in [0, 0.1) is 0 Å². The second-order valence-electron chi connectivity index (χ2n) is 4.00. The molecule has 1 fully saturated rings. The Balaban J connectivity index is 2.00. The van der Waals surface area contributed by atoms with E-state index in [4.69, 9.17) is 5.73 Å². The Morgan fingerprint density at radius 1 is 1.73 bits per heavy atom. The van der Waals surface area contributed by atoms with Crippen molar-refractivity contribution in [3.8, 4) is 0 Å². The molecule has 82 valence electrons. The van der Waals surface area contributed by atoms with Gasteiger partial charge < -0.3 is 5.73 Å². The molecule has 4 heteroatoms. The second-order valence-corrected chi connectivity index (χ2v) is 4.89. The highest BCUT2D eigenvalue weighted by Gasteiger charge is 2.22. The Labute approximate surface area is 94.6 Å². The molecule has 1 saturated heterocycles. The van der Waals surface area contributed by atoms with E-state index in [1.54, 1.807) is 11.3 Å². The number of aromatic nitrogens is 1. The maximum atomic E-state index is 5.66. The predicted octanol–water partition coefficient (Wildman–Crippen LogP) is 2.09. The number of nitrogens with two attached hydrogens (primary N) is 1. The lowest BCUT2D eigenvalue weighted by atomic mass is 9.95. The number of anilines is 1. The normalized spacial score (nSPS) is 22.8. The number of nitrogen functional groups attached to an aromatic ring is 1. The monoisotopic (exact) mass is 223 g/mol. The number of rotatable bonds is 3. The van der Waals surface area contributed by atoms with Crippen molar-refractivity contribution in [3.05, 3.63) is 23.7 Å². The quantitative estimate of drug-likeness (QED) is 0.798. The van der Waals surface area contributed by atoms with Crippen LogP contribution in [-0.2, 0) is 0 Å². The minimum atomic E-state index is 0.562. The van der Waals surface area contributed by atoms with Crippen LogP contribution >= 0.6 is 11.3 Å². The molecule has 1 aliphatic heterocycles. The smallest absolute Gasteiger partial charge is 0.180 e. The van der Waals surface area contributed by atoms with E-state index in [1.165, 1.54) is 25.1 Å². The third-order valence-corrected chi connectivity index (χ3v) is 3.54. The third kappa shape index (κ3) is 2.58. The summed E-state index contributed by atoms with van der Waals surface area (Å²) in [6, 6.07) is 0. The molecule has 0 saturated carbocycles. The Morgan fingerprint density at radius 2 is 2.60 bits per heavy atom. The molecular weight excluding hydrogens is 206 g/mol. The van der Waals surface area contributed by atoms with Gasteiger partial charge in [-0.1, -0.05) is 6.08 Å². The molecule has 0 amide bonds. The molecule has 1 aliphatic rings. The zero-order valence-corrected chi connectivity index (χ0v) is 9.67. The number of likely N-dealkylation sites (tertiary alicyclic amines) is 1. The number of nitrogens with zero attached hydrogens (tertiary/aromatic N) is 2. The molecule has 2 heterocycles. The van der Waals surface area contributed by atoms with Crippen molar-refractivity contribution in [2.75, 3.05) is 25.4 Å². The minimum absolute atomic E-state index is 0.562. The Morgan fingerprint density at radius 3 is 3.27 bits per heavy atom. The molecule has 0 bridgehead atoms. The first kappa shape index (κ1) is 10.6. The fourth-order valence-corrected chi connectivity index (χ4v) is 2.78. The van der Waals surface area contributed by atoms with Gasteiger partial charge in [0.05, 0.1) is 5.69 Å². The highest BCUT2D eigenvalue weighted by molar-refractivity contribution is 7.13. The lowest BCUT2D eigenvalue weighted by Gasteiger charge is -2.30. The Hall–Kier alpha value is -0.870. The van der Waals surface area contributed by atoms with E-state index >= 15 is 0 Å². The van der Waals surface area contributed by atoms with Gasteiger partial charge in [0.2, 0.25) is 0 Å². The Kier molecular flexibility index (Phi) is 3.38. The molecule has 1 aromatic rings. The van der Waals surface area contributed by atoms with Crippen LogP contribution < -0.4 is 5.73 Å². The summed E-state index contributed by atoms with van der Waals surface area (Å²) in [5, 5.41) is 2.78. The topological polar surface area (TPSA) is 42.1 Å². The molecule has 3 nitrogen and oxygen atoms in total. The number of hydrogen-bond donors (Lipinski definition) is 1. The van der Waals surface area contributed by atoms with Crippen molar-refractivity contribution in [2.24, 2.45) is 0 Å². The van der Waals surface area contributed by atoms with Crippen LogP contribution in [0.3, 0.4) is 0 Å². The minimum Gasteiger partial charge on any atom is -0.375 e. The Bertz CT molecular complexity index is 334. The number of hydrogen-bond acceptors (Lipinski definition) is 4. The first-order valence-corrected chi connectivity index (χ1v) is 6.21. The maximum absolute atomic E-state index is 5.66. The standard InChI is InChI=1S/C11H17N3S/c1-2-5-14-6-3-4-9(7-14)10-8-15-11(12)13-10/h2,8-9H,1,3-7H2,(H2,12,13). The van der Waals surface area contributed by atoms with E-state index in [0.29, 0.717) is 11.0 Å². The van der Waals surface area contributed by atoms with Crippen molar-refractivity contribution in [2.45, 2.75) is 18.8 Å². The first-order chi connectivity index (χ1) is 7.29. The van der Waals surface area contributed by atoms with Crippen LogP contribution in [0.5, 0.6) is 0 Å². The van der Waals surface area contributed by atoms with Crippen LogP contribution in [0.25, 0.3) is 0 Å². The summed E-state index contributed by atoms with van der Waals surface area (Å²) < 4.78 is 0. The van der Waals surface area contributed by atoms with Gasteiger partial charge in [-0.15, -0.1) is 17.9 Å². The summed E-state index contributed by atoms with van der Waals surface area (Å²) in [7, 11) is 0. The van der Waals surface area contributed by atoms with Gasteiger partial charge in [-0.3, -0.25) is 4.90 Å². The first-order valence-electron chi connectivity index (χ1n) is 5.33. The van der Waals surface area contributed by atoms with E-state index in [2.05, 4.69) is 21.8 Å². The molecule has 15 heavy (non-hydrogen) atoms. The van der Waals surface area contributed by atoms with E-state index < -0.39 is 0 Å². The largest absolute Gasteiger partial charge is 0.375 e. The lowest BCUT2D eigenvalue weighted by molar-refractivity contribution is 0.226. The van der Waals surface area contributed by atoms with Gasteiger partial charge in [0.15, 0.2) is 5.13 Å². The van der Waals surface area contributed by atoms with Gasteiger partial charge in [0.25, 0.3) is 0 Å². The number of thiazole rings is 1. The summed E-state index contributed by atoms with van der Waals surface area (Å²) in [5.41, 5.74) is 6.83. The highest BCUT2D eigenvalue weighted by Crippen LogP contribution is 2.28. The zero-order chi connectivity index (χ0) is 10.7. The summed E-state index contributed by atoms with van der Waals surface area (Å²) >= 11 is 1.54. The van der Waals surface area contributed by atoms with E-state index in [-0.39, 0.29) is 0 Å². The van der Waals surface area contributed by atoms with E-state index in [1.807, 2.05) is 6.08 Å². The van der Waals surface area contributed by atoms with Gasteiger partial charge >= 0.3 is 0 Å². The summed E-state index contributed by atoms with van der Waals surface area (Å²) in [6.45, 7) is 7.04. The predicted molar refractivity (Wildman–Crippen MR) is 65.1 cm³/mol. The molecule has 0 aromatic carbocycles. The maximum Gasteiger partial charge on any atom is 0.180 e. The molecule has 2 N–H and O–H groups in total. The molecule has 1 unspecified atom stereocenters. The van der Waals surface area contributed by atoms with Gasteiger partial charge in [0, 0.05) is 24.4 Å². The van der Waals surface area contributed by atoms with Crippen molar-refractivity contribution >= 4 is 16.5 Å². The van der Waals surface area contributed by atoms with E-state index in [0.717, 1.165) is 13.1 Å². The lowest BCUT2D eigenvalue weighted by Crippen LogP contribution is -2.34. The van der Waals surface area contributed by atoms with Gasteiger partial charge in [-0.25, -0.2) is 4.98 Å². The van der Waals surface area contributed by atoms with Crippen molar-refractivity contribution in [1.29, 1.82) is 0 Å². The third-order valence-electron chi connectivity index (χ3n) is 2.85. The van der Waals surface area contributed by atoms with Crippen LogP contribution in [0.4, 0.5) is 5.13 Å². The molecule has 1 aromatic heterocycles. The summed E-state index contributed by atoms with van der Waals surface area (Å²) in [6.07, 6.45) is 4.45. The highest BCUT2D eigenvalue weighted by atomic mass is 32.1. The molecule has 0 spiro atoms. The fraction of sp³-hybridized carbons (Fsp3) is 0.545. The molecule has 2 rings (SSSR count). The molecule has 0 aliphatic carbocycles. The van der Waals surface area contributed by atoms with Crippen LogP contribution in [0.15, 0.2) is 18.0 Å². The fourth-order valence-electron chi connectivity index (χ4n) is 2.13. The van der Waals surface area contributed by atoms with Gasteiger partial charge in [-0.2, -0.15) is 0 Å². The molecular formula is C11H17N3S. The summed E-state index contributed by atoms with van der Waals surface area (Å²) in [4.78, 5) is 6.80. The molecule has 0 radical (unpaired) electrons. The summed E-state index contributed by atoms with van der Waals surface area (Å²) in [5.74, 6) is 0.562. The number of piperidine rings is 1. The van der Waals surface area contributed by atoms with Crippen LogP contribution in [0.1, 0.15) is 24.5 Å². The van der Waals surface area contributed by atoms with Crippen LogP contribution in [-0.4, -0.2) is 29.5 Å². The second kappa shape index (κ2) is 4.77. The zero-order valence-electron chi connectivity index (χ0n) is 8.85. The van der Waals surface area contributed by atoms with Gasteiger partial charge in [-0.05, 0) is 19.4 Å². The van der Waals surface area contributed by atoms with Crippen LogP contribution in [0.2, 0.25) is 0 Å². The molecule has 1 atom stereocenters. The average Bonchev–Trinajstić information content (AvgIpc) is 2.66. The van der Waals surface area contributed by atoms with Gasteiger partial charge in [0.1, 0.15) is 0 Å². The average molecular weight is 223 g/mol. The SMILES string of the molecule is C=CCN1CCCC(c2csc(N)n2)C1.